The van der Waals surface area contributed by atoms with Gasteiger partial charge >= 0.3 is 0 Å². The Bertz CT molecular complexity index is 246. The maximum absolute atomic E-state index is 5.88. The Kier molecular flexibility index (Phi) is 3.73. The molecule has 0 aliphatic heterocycles. The van der Waals surface area contributed by atoms with Crippen molar-refractivity contribution in [1.29, 1.82) is 0 Å². The summed E-state index contributed by atoms with van der Waals surface area (Å²) in [5, 5.41) is 0. The highest BCUT2D eigenvalue weighted by atomic mass is 16.5. The lowest BCUT2D eigenvalue weighted by molar-refractivity contribution is 0.414. The molecular formula is C10H16N2O. The number of hydrogen-bond acceptors (Lipinski definition) is 3. The first-order valence-corrected chi connectivity index (χ1v) is 4.37. The first-order chi connectivity index (χ1) is 6.27. The molecule has 4 N–H and O–H groups in total. The van der Waals surface area contributed by atoms with Crippen molar-refractivity contribution in [2.24, 2.45) is 11.5 Å². The molecule has 1 atom stereocenters. The van der Waals surface area contributed by atoms with Crippen LogP contribution in [0.5, 0.6) is 5.75 Å². The van der Waals surface area contributed by atoms with E-state index >= 15 is 0 Å². The second kappa shape index (κ2) is 4.84. The van der Waals surface area contributed by atoms with Crippen LogP contribution < -0.4 is 16.2 Å². The SMILES string of the molecule is COc1ccc([C@@H](N)CCN)cc1. The Morgan fingerprint density at radius 1 is 1.31 bits per heavy atom. The Hall–Kier alpha value is -1.06. The molecule has 3 heteroatoms. The van der Waals surface area contributed by atoms with Crippen LogP contribution in [0.4, 0.5) is 0 Å². The predicted octanol–water partition coefficient (Wildman–Crippen LogP) is 1.04. The molecule has 0 aromatic heterocycles. The van der Waals surface area contributed by atoms with Crippen LogP contribution in [0.1, 0.15) is 18.0 Å². The molecule has 0 saturated carbocycles. The van der Waals surface area contributed by atoms with Gasteiger partial charge in [0.1, 0.15) is 5.75 Å². The quantitative estimate of drug-likeness (QED) is 0.728. The minimum Gasteiger partial charge on any atom is -0.497 e. The van der Waals surface area contributed by atoms with Crippen LogP contribution in [0.3, 0.4) is 0 Å². The van der Waals surface area contributed by atoms with Gasteiger partial charge in [-0.3, -0.25) is 0 Å². The zero-order valence-corrected chi connectivity index (χ0v) is 7.86. The van der Waals surface area contributed by atoms with Crippen molar-refractivity contribution in [1.82, 2.24) is 0 Å². The van der Waals surface area contributed by atoms with Crippen molar-refractivity contribution in [3.63, 3.8) is 0 Å². The molecule has 0 aliphatic rings. The van der Waals surface area contributed by atoms with Crippen LogP contribution in [0, 0.1) is 0 Å². The Morgan fingerprint density at radius 3 is 2.38 bits per heavy atom. The van der Waals surface area contributed by atoms with E-state index in [1.165, 1.54) is 0 Å². The van der Waals surface area contributed by atoms with Gasteiger partial charge in [-0.15, -0.1) is 0 Å². The smallest absolute Gasteiger partial charge is 0.118 e. The molecule has 0 saturated heterocycles. The number of methoxy groups -OCH3 is 1. The molecule has 0 radical (unpaired) electrons. The molecule has 0 heterocycles. The van der Waals surface area contributed by atoms with Crippen molar-refractivity contribution in [3.05, 3.63) is 29.8 Å². The molecule has 1 rings (SSSR count). The second-order valence-corrected chi connectivity index (χ2v) is 2.96. The van der Waals surface area contributed by atoms with Crippen LogP contribution in [0.2, 0.25) is 0 Å². The Balaban J connectivity index is 2.67. The average Bonchev–Trinajstić information content (AvgIpc) is 2.18. The third kappa shape index (κ3) is 2.72. The van der Waals surface area contributed by atoms with Crippen LogP contribution >= 0.6 is 0 Å². The lowest BCUT2D eigenvalue weighted by Gasteiger charge is -2.10. The topological polar surface area (TPSA) is 61.3 Å². The standard InChI is InChI=1S/C10H16N2O/c1-13-9-4-2-8(3-5-9)10(12)6-7-11/h2-5,10H,6-7,11-12H2,1H3/t10-/m0/s1. The van der Waals surface area contributed by atoms with E-state index in [2.05, 4.69) is 0 Å². The van der Waals surface area contributed by atoms with Gasteiger partial charge in [-0.25, -0.2) is 0 Å². The van der Waals surface area contributed by atoms with Crippen LogP contribution in [0.15, 0.2) is 24.3 Å². The first-order valence-electron chi connectivity index (χ1n) is 4.37. The second-order valence-electron chi connectivity index (χ2n) is 2.96. The molecule has 13 heavy (non-hydrogen) atoms. The van der Waals surface area contributed by atoms with Gasteiger partial charge in [-0.2, -0.15) is 0 Å². The van der Waals surface area contributed by atoms with Crippen molar-refractivity contribution in [2.75, 3.05) is 13.7 Å². The number of benzene rings is 1. The van der Waals surface area contributed by atoms with Gasteiger partial charge in [0.15, 0.2) is 0 Å². The molecule has 1 aromatic carbocycles. The van der Waals surface area contributed by atoms with E-state index in [-0.39, 0.29) is 6.04 Å². The fourth-order valence-corrected chi connectivity index (χ4v) is 1.20. The van der Waals surface area contributed by atoms with Crippen molar-refractivity contribution in [2.45, 2.75) is 12.5 Å². The van der Waals surface area contributed by atoms with Crippen LogP contribution in [-0.2, 0) is 0 Å². The van der Waals surface area contributed by atoms with Gasteiger partial charge in [-0.1, -0.05) is 12.1 Å². The van der Waals surface area contributed by atoms with E-state index in [0.29, 0.717) is 6.54 Å². The molecule has 0 fully saturated rings. The monoisotopic (exact) mass is 180 g/mol. The zero-order valence-electron chi connectivity index (χ0n) is 7.86. The van der Waals surface area contributed by atoms with Gasteiger partial charge in [-0.05, 0) is 30.7 Å². The van der Waals surface area contributed by atoms with E-state index < -0.39 is 0 Å². The lowest BCUT2D eigenvalue weighted by Crippen LogP contribution is -2.15. The summed E-state index contributed by atoms with van der Waals surface area (Å²) < 4.78 is 5.04. The first kappa shape index (κ1) is 10.0. The number of hydrogen-bond donors (Lipinski definition) is 2. The maximum atomic E-state index is 5.88. The molecule has 72 valence electrons. The summed E-state index contributed by atoms with van der Waals surface area (Å²) in [6.07, 6.45) is 0.812. The third-order valence-electron chi connectivity index (χ3n) is 2.02. The predicted molar refractivity (Wildman–Crippen MR) is 53.6 cm³/mol. The van der Waals surface area contributed by atoms with Crippen LogP contribution in [0.25, 0.3) is 0 Å². The van der Waals surface area contributed by atoms with Gasteiger partial charge in [0.2, 0.25) is 0 Å². The van der Waals surface area contributed by atoms with E-state index in [9.17, 15) is 0 Å². The van der Waals surface area contributed by atoms with Crippen LogP contribution in [-0.4, -0.2) is 13.7 Å². The van der Waals surface area contributed by atoms with Gasteiger partial charge < -0.3 is 16.2 Å². The molecular weight excluding hydrogens is 164 g/mol. The van der Waals surface area contributed by atoms with E-state index in [4.69, 9.17) is 16.2 Å². The van der Waals surface area contributed by atoms with E-state index in [0.717, 1.165) is 17.7 Å². The largest absolute Gasteiger partial charge is 0.497 e. The number of rotatable bonds is 4. The highest BCUT2D eigenvalue weighted by molar-refractivity contribution is 5.28. The maximum Gasteiger partial charge on any atom is 0.118 e. The Labute approximate surface area is 78.7 Å². The van der Waals surface area contributed by atoms with Crippen molar-refractivity contribution < 1.29 is 4.74 Å². The van der Waals surface area contributed by atoms with Gasteiger partial charge in [0.25, 0.3) is 0 Å². The van der Waals surface area contributed by atoms with Gasteiger partial charge in [0, 0.05) is 6.04 Å². The summed E-state index contributed by atoms with van der Waals surface area (Å²) in [5.41, 5.74) is 12.4. The summed E-state index contributed by atoms with van der Waals surface area (Å²) >= 11 is 0. The fourth-order valence-electron chi connectivity index (χ4n) is 1.20. The number of nitrogens with two attached hydrogens (primary N) is 2. The lowest BCUT2D eigenvalue weighted by atomic mass is 10.1. The van der Waals surface area contributed by atoms with E-state index in [1.807, 2.05) is 24.3 Å². The minimum absolute atomic E-state index is 0.0379. The summed E-state index contributed by atoms with van der Waals surface area (Å²) in [7, 11) is 1.65. The Morgan fingerprint density at radius 2 is 1.92 bits per heavy atom. The molecule has 3 nitrogen and oxygen atoms in total. The molecule has 0 spiro atoms. The normalized spacial score (nSPS) is 12.5. The highest BCUT2D eigenvalue weighted by Crippen LogP contribution is 2.17. The van der Waals surface area contributed by atoms with Gasteiger partial charge in [0.05, 0.1) is 7.11 Å². The molecule has 0 aliphatic carbocycles. The minimum atomic E-state index is 0.0379. The molecule has 1 aromatic rings. The molecule has 0 unspecified atom stereocenters. The summed E-state index contributed by atoms with van der Waals surface area (Å²) in [6.45, 7) is 0.618. The third-order valence-corrected chi connectivity index (χ3v) is 2.02. The fraction of sp³-hybridized carbons (Fsp3) is 0.400. The number of ether oxygens (including phenoxy) is 1. The van der Waals surface area contributed by atoms with Crippen molar-refractivity contribution >= 4 is 0 Å². The molecule has 0 amide bonds. The average molecular weight is 180 g/mol. The molecule has 0 bridgehead atoms. The summed E-state index contributed by atoms with van der Waals surface area (Å²) in [5.74, 6) is 0.851. The van der Waals surface area contributed by atoms with E-state index in [1.54, 1.807) is 7.11 Å². The summed E-state index contributed by atoms with van der Waals surface area (Å²) in [4.78, 5) is 0. The summed E-state index contributed by atoms with van der Waals surface area (Å²) in [6, 6.07) is 7.80. The highest BCUT2D eigenvalue weighted by Gasteiger charge is 2.03. The zero-order chi connectivity index (χ0) is 9.68. The van der Waals surface area contributed by atoms with Crippen molar-refractivity contribution in [3.8, 4) is 5.75 Å².